The van der Waals surface area contributed by atoms with Crippen molar-refractivity contribution in [1.29, 1.82) is 0 Å². The highest BCUT2D eigenvalue weighted by molar-refractivity contribution is 8.00. The Morgan fingerprint density at radius 2 is 2.25 bits per heavy atom. The average molecular weight is 299 g/mol. The Labute approximate surface area is 125 Å². The molecular weight excluding hydrogens is 274 g/mol. The third-order valence-corrected chi connectivity index (χ3v) is 5.18. The Morgan fingerprint density at radius 3 is 2.90 bits per heavy atom. The largest absolute Gasteiger partial charge is 0.351 e. The van der Waals surface area contributed by atoms with Crippen molar-refractivity contribution < 1.29 is 9.59 Å². The second-order valence-electron chi connectivity index (χ2n) is 5.67. The smallest absolute Gasteiger partial charge is 0.230 e. The minimum absolute atomic E-state index is 0.0400. The lowest BCUT2D eigenvalue weighted by Gasteiger charge is -2.23. The molecule has 0 aromatic rings. The van der Waals surface area contributed by atoms with Crippen LogP contribution in [0.1, 0.15) is 32.6 Å². The van der Waals surface area contributed by atoms with Gasteiger partial charge in [-0.25, -0.2) is 0 Å². The maximum absolute atomic E-state index is 11.9. The van der Waals surface area contributed by atoms with E-state index in [1.54, 1.807) is 11.8 Å². The van der Waals surface area contributed by atoms with Gasteiger partial charge in [0.25, 0.3) is 0 Å². The Kier molecular flexibility index (Phi) is 6.16. The van der Waals surface area contributed by atoms with Gasteiger partial charge in [0.2, 0.25) is 11.8 Å². The Hall–Kier alpha value is -0.750. The van der Waals surface area contributed by atoms with Crippen molar-refractivity contribution >= 4 is 23.6 Å². The average Bonchev–Trinajstić information content (AvgIpc) is 2.83. The number of thioether (sulfide) groups is 1. The van der Waals surface area contributed by atoms with Gasteiger partial charge in [-0.05, 0) is 39.3 Å². The van der Waals surface area contributed by atoms with E-state index in [4.69, 9.17) is 0 Å². The van der Waals surface area contributed by atoms with Gasteiger partial charge in [-0.2, -0.15) is 0 Å². The molecule has 0 radical (unpaired) electrons. The number of nitrogens with zero attached hydrogens (tertiary/aromatic N) is 1. The summed E-state index contributed by atoms with van der Waals surface area (Å²) in [6.45, 7) is 5.57. The molecule has 114 valence electrons. The van der Waals surface area contributed by atoms with Crippen LogP contribution in [0.3, 0.4) is 0 Å². The van der Waals surface area contributed by atoms with E-state index in [1.165, 1.54) is 0 Å². The third-order valence-electron chi connectivity index (χ3n) is 3.81. The molecule has 6 heteroatoms. The predicted octanol–water partition coefficient (Wildman–Crippen LogP) is 0.599. The van der Waals surface area contributed by atoms with Crippen LogP contribution in [0, 0.1) is 0 Å². The molecule has 2 rings (SSSR count). The van der Waals surface area contributed by atoms with Crippen LogP contribution in [0.15, 0.2) is 0 Å². The van der Waals surface area contributed by atoms with E-state index in [-0.39, 0.29) is 17.9 Å². The summed E-state index contributed by atoms with van der Waals surface area (Å²) in [7, 11) is 0. The number of rotatable bonds is 6. The topological polar surface area (TPSA) is 61.4 Å². The van der Waals surface area contributed by atoms with Gasteiger partial charge in [0, 0.05) is 30.8 Å². The summed E-state index contributed by atoms with van der Waals surface area (Å²) in [6.07, 6.45) is 3.91. The zero-order valence-electron chi connectivity index (χ0n) is 12.2. The van der Waals surface area contributed by atoms with Gasteiger partial charge < -0.3 is 15.5 Å². The third kappa shape index (κ3) is 4.98. The molecule has 0 aromatic carbocycles. The van der Waals surface area contributed by atoms with Crippen molar-refractivity contribution in [2.24, 2.45) is 0 Å². The highest BCUT2D eigenvalue weighted by atomic mass is 32.2. The summed E-state index contributed by atoms with van der Waals surface area (Å²) in [5.41, 5.74) is 0. The van der Waals surface area contributed by atoms with Crippen molar-refractivity contribution in [3.05, 3.63) is 0 Å². The number of hydrogen-bond donors (Lipinski definition) is 2. The van der Waals surface area contributed by atoms with Crippen LogP contribution in [0.5, 0.6) is 0 Å². The van der Waals surface area contributed by atoms with E-state index >= 15 is 0 Å². The number of piperidine rings is 1. The first-order chi connectivity index (χ1) is 9.65. The number of carbonyl (C=O) groups is 2. The first-order valence-electron chi connectivity index (χ1n) is 7.54. The summed E-state index contributed by atoms with van der Waals surface area (Å²) in [6, 6.07) is 0.0400. The number of carbonyl (C=O) groups excluding carboxylic acids is 2. The SMILES string of the molecule is CC(CN1CCCC1=O)NC(=O)CSC1CCNCC1. The molecule has 0 saturated carbocycles. The molecule has 2 amide bonds. The summed E-state index contributed by atoms with van der Waals surface area (Å²) in [4.78, 5) is 25.3. The molecule has 0 spiro atoms. The molecule has 1 unspecified atom stereocenters. The molecule has 0 aliphatic carbocycles. The standard InChI is InChI=1S/C14H25N3O2S/c1-11(9-17-8-2-3-14(17)19)16-13(18)10-20-12-4-6-15-7-5-12/h11-12,15H,2-10H2,1H3,(H,16,18). The molecular formula is C14H25N3O2S. The number of nitrogens with one attached hydrogen (secondary N) is 2. The van der Waals surface area contributed by atoms with E-state index in [2.05, 4.69) is 10.6 Å². The Bertz CT molecular complexity index is 345. The second kappa shape index (κ2) is 7.88. The van der Waals surface area contributed by atoms with Crippen LogP contribution < -0.4 is 10.6 Å². The monoisotopic (exact) mass is 299 g/mol. The fourth-order valence-electron chi connectivity index (χ4n) is 2.75. The van der Waals surface area contributed by atoms with Crippen molar-refractivity contribution in [3.63, 3.8) is 0 Å². The first kappa shape index (κ1) is 15.6. The quantitative estimate of drug-likeness (QED) is 0.754. The fraction of sp³-hybridized carbons (Fsp3) is 0.857. The number of likely N-dealkylation sites (tertiary alicyclic amines) is 1. The number of hydrogen-bond acceptors (Lipinski definition) is 4. The van der Waals surface area contributed by atoms with Crippen LogP contribution in [0.4, 0.5) is 0 Å². The molecule has 2 aliphatic heterocycles. The summed E-state index contributed by atoms with van der Waals surface area (Å²) < 4.78 is 0. The van der Waals surface area contributed by atoms with Gasteiger partial charge in [-0.3, -0.25) is 9.59 Å². The normalized spacial score (nSPS) is 22.1. The maximum atomic E-state index is 11.9. The van der Waals surface area contributed by atoms with E-state index in [9.17, 15) is 9.59 Å². The second-order valence-corrected chi connectivity index (χ2v) is 6.96. The highest BCUT2D eigenvalue weighted by Crippen LogP contribution is 2.19. The molecule has 20 heavy (non-hydrogen) atoms. The summed E-state index contributed by atoms with van der Waals surface area (Å²) in [5.74, 6) is 0.839. The zero-order chi connectivity index (χ0) is 14.4. The Morgan fingerprint density at radius 1 is 1.50 bits per heavy atom. The van der Waals surface area contributed by atoms with Crippen LogP contribution in [0.25, 0.3) is 0 Å². The minimum Gasteiger partial charge on any atom is -0.351 e. The predicted molar refractivity (Wildman–Crippen MR) is 81.8 cm³/mol. The van der Waals surface area contributed by atoms with Crippen LogP contribution in [-0.4, -0.2) is 59.9 Å². The van der Waals surface area contributed by atoms with Gasteiger partial charge in [0.1, 0.15) is 0 Å². The van der Waals surface area contributed by atoms with Gasteiger partial charge in [0.15, 0.2) is 0 Å². The molecule has 2 N–H and O–H groups in total. The molecule has 0 bridgehead atoms. The van der Waals surface area contributed by atoms with Crippen molar-refractivity contribution in [2.45, 2.75) is 43.9 Å². The maximum Gasteiger partial charge on any atom is 0.230 e. The van der Waals surface area contributed by atoms with Crippen molar-refractivity contribution in [1.82, 2.24) is 15.5 Å². The van der Waals surface area contributed by atoms with Gasteiger partial charge in [-0.1, -0.05) is 0 Å². The van der Waals surface area contributed by atoms with Crippen molar-refractivity contribution in [2.75, 3.05) is 31.9 Å². The van der Waals surface area contributed by atoms with Gasteiger partial charge >= 0.3 is 0 Å². The lowest BCUT2D eigenvalue weighted by atomic mass is 10.2. The molecule has 5 nitrogen and oxygen atoms in total. The molecule has 1 atom stereocenters. The number of amides is 2. The zero-order valence-corrected chi connectivity index (χ0v) is 13.0. The minimum atomic E-state index is 0.0400. The summed E-state index contributed by atoms with van der Waals surface area (Å²) in [5, 5.41) is 6.93. The lowest BCUT2D eigenvalue weighted by molar-refractivity contribution is -0.128. The van der Waals surface area contributed by atoms with Gasteiger partial charge in [-0.15, -0.1) is 11.8 Å². The summed E-state index contributed by atoms with van der Waals surface area (Å²) >= 11 is 1.76. The van der Waals surface area contributed by atoms with E-state index in [0.29, 0.717) is 24.0 Å². The van der Waals surface area contributed by atoms with Crippen LogP contribution >= 0.6 is 11.8 Å². The molecule has 2 heterocycles. The lowest BCUT2D eigenvalue weighted by Crippen LogP contribution is -2.43. The molecule has 2 fully saturated rings. The molecule has 0 aromatic heterocycles. The van der Waals surface area contributed by atoms with Crippen LogP contribution in [0.2, 0.25) is 0 Å². The fourth-order valence-corrected chi connectivity index (χ4v) is 3.78. The van der Waals surface area contributed by atoms with Crippen LogP contribution in [-0.2, 0) is 9.59 Å². The van der Waals surface area contributed by atoms with E-state index in [0.717, 1.165) is 38.9 Å². The van der Waals surface area contributed by atoms with Crippen molar-refractivity contribution in [3.8, 4) is 0 Å². The van der Waals surface area contributed by atoms with Gasteiger partial charge in [0.05, 0.1) is 5.75 Å². The molecule has 2 saturated heterocycles. The highest BCUT2D eigenvalue weighted by Gasteiger charge is 2.22. The first-order valence-corrected chi connectivity index (χ1v) is 8.59. The van der Waals surface area contributed by atoms with E-state index in [1.807, 2.05) is 11.8 Å². The molecule has 2 aliphatic rings. The van der Waals surface area contributed by atoms with E-state index < -0.39 is 0 Å². The Balaban J connectivity index is 1.61.